The Balaban J connectivity index is 1.86. The molecule has 0 N–H and O–H groups in total. The quantitative estimate of drug-likeness (QED) is 0.327. The molecule has 3 aromatic rings. The van der Waals surface area contributed by atoms with Gasteiger partial charge in [-0.2, -0.15) is 0 Å². The van der Waals surface area contributed by atoms with Crippen LogP contribution in [0.1, 0.15) is 47.3 Å². The van der Waals surface area contributed by atoms with E-state index in [-0.39, 0.29) is 0 Å². The molecular formula is C24H33NO2SSi. The van der Waals surface area contributed by atoms with E-state index in [1.165, 1.54) is 0 Å². The summed E-state index contributed by atoms with van der Waals surface area (Å²) >= 11 is 1.70. The Morgan fingerprint density at radius 2 is 1.59 bits per heavy atom. The van der Waals surface area contributed by atoms with Gasteiger partial charge in [-0.15, -0.1) is 11.3 Å². The first-order chi connectivity index (χ1) is 13.9. The standard InChI is InChI=1S/C24H33NO2SSi/c1-17(2)29(18(3)4,19(5)6)26-15-14-21-23(22-13-10-16-28-22)25-24(27-21)20-11-8-7-9-12-20/h7-13,16-19H,14-15H2,1-6H3. The molecule has 0 spiro atoms. The smallest absolute Gasteiger partial charge is 0.226 e. The molecule has 156 valence electrons. The van der Waals surface area contributed by atoms with Gasteiger partial charge in [-0.05, 0) is 40.2 Å². The lowest BCUT2D eigenvalue weighted by molar-refractivity contribution is 0.273. The minimum Gasteiger partial charge on any atom is -0.440 e. The minimum atomic E-state index is -1.88. The van der Waals surface area contributed by atoms with E-state index in [4.69, 9.17) is 13.8 Å². The fraction of sp³-hybridized carbons (Fsp3) is 0.458. The second-order valence-corrected chi connectivity index (χ2v) is 15.0. The van der Waals surface area contributed by atoms with Crippen molar-refractivity contribution in [2.24, 2.45) is 0 Å². The van der Waals surface area contributed by atoms with Crippen LogP contribution in [0.4, 0.5) is 0 Å². The number of rotatable bonds is 9. The Bertz CT molecular complexity index is 863. The molecule has 2 heterocycles. The maximum atomic E-state index is 6.76. The lowest BCUT2D eigenvalue weighted by Gasteiger charge is -2.42. The monoisotopic (exact) mass is 427 g/mol. The summed E-state index contributed by atoms with van der Waals surface area (Å²) in [5, 5.41) is 2.08. The van der Waals surface area contributed by atoms with Crippen LogP contribution >= 0.6 is 11.3 Å². The second-order valence-electron chi connectivity index (χ2n) is 8.55. The van der Waals surface area contributed by atoms with Gasteiger partial charge in [0.2, 0.25) is 5.89 Å². The summed E-state index contributed by atoms with van der Waals surface area (Å²) < 4.78 is 13.0. The molecule has 0 fully saturated rings. The zero-order chi connectivity index (χ0) is 21.0. The van der Waals surface area contributed by atoms with Gasteiger partial charge in [0, 0.05) is 18.6 Å². The molecule has 0 unspecified atom stereocenters. The number of hydrogen-bond acceptors (Lipinski definition) is 4. The highest BCUT2D eigenvalue weighted by Crippen LogP contribution is 2.42. The highest BCUT2D eigenvalue weighted by molar-refractivity contribution is 7.13. The van der Waals surface area contributed by atoms with Crippen molar-refractivity contribution < 1.29 is 8.84 Å². The molecule has 0 aliphatic heterocycles. The number of benzene rings is 1. The highest BCUT2D eigenvalue weighted by atomic mass is 32.1. The summed E-state index contributed by atoms with van der Waals surface area (Å²) in [7, 11) is -1.88. The van der Waals surface area contributed by atoms with Gasteiger partial charge in [0.25, 0.3) is 0 Å². The van der Waals surface area contributed by atoms with E-state index in [0.29, 0.717) is 29.1 Å². The van der Waals surface area contributed by atoms with Crippen LogP contribution in [0.25, 0.3) is 22.0 Å². The fourth-order valence-electron chi connectivity index (χ4n) is 4.65. The molecule has 3 nitrogen and oxygen atoms in total. The topological polar surface area (TPSA) is 35.3 Å². The van der Waals surface area contributed by atoms with E-state index in [1.807, 2.05) is 30.3 Å². The summed E-state index contributed by atoms with van der Waals surface area (Å²) in [4.78, 5) is 5.99. The van der Waals surface area contributed by atoms with Crippen LogP contribution in [0.5, 0.6) is 0 Å². The number of oxazole rings is 1. The molecule has 0 bridgehead atoms. The summed E-state index contributed by atoms with van der Waals surface area (Å²) in [6.07, 6.45) is 0.744. The van der Waals surface area contributed by atoms with Crippen molar-refractivity contribution in [2.45, 2.75) is 64.6 Å². The maximum Gasteiger partial charge on any atom is 0.226 e. The van der Waals surface area contributed by atoms with Gasteiger partial charge in [0.15, 0.2) is 8.32 Å². The van der Waals surface area contributed by atoms with Gasteiger partial charge in [-0.25, -0.2) is 4.98 Å². The third kappa shape index (κ3) is 4.57. The van der Waals surface area contributed by atoms with E-state index < -0.39 is 8.32 Å². The number of hydrogen-bond donors (Lipinski definition) is 0. The molecule has 0 aliphatic carbocycles. The van der Waals surface area contributed by atoms with Crippen LogP contribution in [0.2, 0.25) is 16.6 Å². The Labute approximate surface area is 180 Å². The Morgan fingerprint density at radius 1 is 0.931 bits per heavy atom. The predicted molar refractivity (Wildman–Crippen MR) is 126 cm³/mol. The molecular weight excluding hydrogens is 394 g/mol. The van der Waals surface area contributed by atoms with Crippen molar-refractivity contribution in [3.8, 4) is 22.0 Å². The molecule has 3 rings (SSSR count). The van der Waals surface area contributed by atoms with Crippen molar-refractivity contribution in [1.29, 1.82) is 0 Å². The minimum absolute atomic E-state index is 0.578. The maximum absolute atomic E-state index is 6.76. The van der Waals surface area contributed by atoms with Crippen LogP contribution in [0, 0.1) is 0 Å². The Hall–Kier alpha value is -1.69. The molecule has 1 aromatic carbocycles. The summed E-state index contributed by atoms with van der Waals surface area (Å²) in [5.74, 6) is 1.61. The SMILES string of the molecule is CC(C)[Si](OCCc1oc(-c2ccccc2)nc1-c1cccs1)(C(C)C)C(C)C. The molecule has 5 heteroatoms. The molecule has 0 atom stereocenters. The number of aromatic nitrogens is 1. The molecule has 0 saturated carbocycles. The molecule has 0 aliphatic rings. The molecule has 0 saturated heterocycles. The molecule has 0 radical (unpaired) electrons. The van der Waals surface area contributed by atoms with Crippen LogP contribution in [0.3, 0.4) is 0 Å². The number of thiophene rings is 1. The van der Waals surface area contributed by atoms with E-state index in [2.05, 4.69) is 59.1 Å². The third-order valence-electron chi connectivity index (χ3n) is 5.86. The van der Waals surface area contributed by atoms with Gasteiger partial charge < -0.3 is 8.84 Å². The van der Waals surface area contributed by atoms with Gasteiger partial charge in [0.05, 0.1) is 4.88 Å². The van der Waals surface area contributed by atoms with Crippen LogP contribution in [-0.2, 0) is 10.8 Å². The largest absolute Gasteiger partial charge is 0.440 e. The Morgan fingerprint density at radius 3 is 2.14 bits per heavy atom. The van der Waals surface area contributed by atoms with E-state index in [1.54, 1.807) is 11.3 Å². The van der Waals surface area contributed by atoms with Gasteiger partial charge >= 0.3 is 0 Å². The normalized spacial score (nSPS) is 12.4. The molecule has 0 amide bonds. The van der Waals surface area contributed by atoms with Crippen molar-refractivity contribution in [3.05, 3.63) is 53.6 Å². The first kappa shape index (κ1) is 22.0. The summed E-state index contributed by atoms with van der Waals surface area (Å²) in [6, 6.07) is 14.3. The predicted octanol–water partition coefficient (Wildman–Crippen LogP) is 7.80. The summed E-state index contributed by atoms with van der Waals surface area (Å²) in [5.41, 5.74) is 3.69. The van der Waals surface area contributed by atoms with Gasteiger partial charge in [-0.1, -0.05) is 65.8 Å². The van der Waals surface area contributed by atoms with Crippen molar-refractivity contribution in [3.63, 3.8) is 0 Å². The zero-order valence-electron chi connectivity index (χ0n) is 18.4. The molecule has 2 aromatic heterocycles. The lowest BCUT2D eigenvalue weighted by Crippen LogP contribution is -2.48. The van der Waals surface area contributed by atoms with Crippen LogP contribution in [0.15, 0.2) is 52.3 Å². The second kappa shape index (κ2) is 9.41. The third-order valence-corrected chi connectivity index (χ3v) is 12.9. The van der Waals surface area contributed by atoms with E-state index in [0.717, 1.165) is 28.3 Å². The lowest BCUT2D eigenvalue weighted by atomic mass is 10.2. The van der Waals surface area contributed by atoms with Crippen molar-refractivity contribution in [2.75, 3.05) is 6.61 Å². The average Bonchev–Trinajstić information content (AvgIpc) is 3.34. The Kier molecular flexibility index (Phi) is 7.14. The van der Waals surface area contributed by atoms with Crippen molar-refractivity contribution in [1.82, 2.24) is 4.98 Å². The van der Waals surface area contributed by atoms with E-state index >= 15 is 0 Å². The van der Waals surface area contributed by atoms with Crippen LogP contribution < -0.4 is 0 Å². The van der Waals surface area contributed by atoms with Crippen LogP contribution in [-0.4, -0.2) is 19.9 Å². The average molecular weight is 428 g/mol. The first-order valence-electron chi connectivity index (χ1n) is 10.6. The fourth-order valence-corrected chi connectivity index (χ4v) is 10.8. The molecule has 29 heavy (non-hydrogen) atoms. The highest BCUT2D eigenvalue weighted by Gasteiger charge is 2.44. The van der Waals surface area contributed by atoms with Gasteiger partial charge in [-0.3, -0.25) is 0 Å². The van der Waals surface area contributed by atoms with Crippen molar-refractivity contribution >= 4 is 19.7 Å². The first-order valence-corrected chi connectivity index (χ1v) is 13.6. The van der Waals surface area contributed by atoms with E-state index in [9.17, 15) is 0 Å². The summed E-state index contributed by atoms with van der Waals surface area (Å²) in [6.45, 7) is 14.6. The zero-order valence-corrected chi connectivity index (χ0v) is 20.3. The van der Waals surface area contributed by atoms with Gasteiger partial charge in [0.1, 0.15) is 11.5 Å². The number of nitrogens with zero attached hydrogens (tertiary/aromatic N) is 1.